The molecule has 3 heteroatoms. The summed E-state index contributed by atoms with van der Waals surface area (Å²) in [5.74, 6) is 0.548. The van der Waals surface area contributed by atoms with Gasteiger partial charge >= 0.3 is 0 Å². The van der Waals surface area contributed by atoms with E-state index in [1.54, 1.807) is 12.1 Å². The van der Waals surface area contributed by atoms with E-state index in [-0.39, 0.29) is 5.82 Å². The van der Waals surface area contributed by atoms with Crippen molar-refractivity contribution >= 4 is 17.4 Å². The molecule has 0 saturated carbocycles. The average Bonchev–Trinajstić information content (AvgIpc) is 2.09. The molecular weight excluding hydrogens is 185 g/mol. The Kier molecular flexibility index (Phi) is 3.83. The average molecular weight is 197 g/mol. The van der Waals surface area contributed by atoms with Crippen LogP contribution in [0.4, 0.5) is 10.1 Å². The zero-order valence-electron chi connectivity index (χ0n) is 7.46. The number of allylic oxidation sites excluding steroid dienone is 1. The SMILES string of the molecule is C/C=C/CSc1ccc(N)cc1F. The van der Waals surface area contributed by atoms with Gasteiger partial charge in [0.15, 0.2) is 0 Å². The van der Waals surface area contributed by atoms with Crippen molar-refractivity contribution in [3.05, 3.63) is 36.2 Å². The molecule has 13 heavy (non-hydrogen) atoms. The van der Waals surface area contributed by atoms with Gasteiger partial charge in [-0.1, -0.05) is 12.2 Å². The molecule has 0 heterocycles. The van der Waals surface area contributed by atoms with Crippen LogP contribution in [0.3, 0.4) is 0 Å². The molecule has 2 N–H and O–H groups in total. The molecule has 0 spiro atoms. The Morgan fingerprint density at radius 2 is 2.31 bits per heavy atom. The van der Waals surface area contributed by atoms with E-state index in [1.807, 2.05) is 19.1 Å². The van der Waals surface area contributed by atoms with Crippen molar-refractivity contribution in [2.75, 3.05) is 11.5 Å². The van der Waals surface area contributed by atoms with E-state index in [9.17, 15) is 4.39 Å². The molecule has 0 radical (unpaired) electrons. The van der Waals surface area contributed by atoms with Gasteiger partial charge in [0.05, 0.1) is 0 Å². The first kappa shape index (κ1) is 10.1. The Morgan fingerprint density at radius 3 is 2.92 bits per heavy atom. The molecule has 1 aromatic rings. The van der Waals surface area contributed by atoms with Gasteiger partial charge in [-0.25, -0.2) is 4.39 Å². The molecule has 0 saturated heterocycles. The summed E-state index contributed by atoms with van der Waals surface area (Å²) < 4.78 is 13.2. The van der Waals surface area contributed by atoms with Crippen molar-refractivity contribution in [2.24, 2.45) is 0 Å². The Balaban J connectivity index is 2.66. The third-order valence-electron chi connectivity index (χ3n) is 1.53. The number of hydrogen-bond donors (Lipinski definition) is 1. The van der Waals surface area contributed by atoms with Gasteiger partial charge in [0.2, 0.25) is 0 Å². The monoisotopic (exact) mass is 197 g/mol. The van der Waals surface area contributed by atoms with Crippen molar-refractivity contribution in [3.8, 4) is 0 Å². The second-order valence-electron chi connectivity index (χ2n) is 2.57. The maximum atomic E-state index is 13.2. The first-order chi connectivity index (χ1) is 6.24. The molecule has 0 aliphatic rings. The fourth-order valence-electron chi connectivity index (χ4n) is 0.868. The number of thioether (sulfide) groups is 1. The normalized spacial score (nSPS) is 10.9. The molecule has 1 aromatic carbocycles. The van der Waals surface area contributed by atoms with Gasteiger partial charge in [-0.15, -0.1) is 11.8 Å². The quantitative estimate of drug-likeness (QED) is 0.458. The molecule has 0 atom stereocenters. The van der Waals surface area contributed by atoms with Crippen molar-refractivity contribution in [2.45, 2.75) is 11.8 Å². The van der Waals surface area contributed by atoms with Crippen molar-refractivity contribution < 1.29 is 4.39 Å². The number of nitrogen functional groups attached to an aromatic ring is 1. The van der Waals surface area contributed by atoms with Crippen LogP contribution in [-0.4, -0.2) is 5.75 Å². The topological polar surface area (TPSA) is 26.0 Å². The smallest absolute Gasteiger partial charge is 0.138 e. The zero-order chi connectivity index (χ0) is 9.68. The molecule has 0 aliphatic heterocycles. The second kappa shape index (κ2) is 4.92. The molecular formula is C10H12FNS. The Labute approximate surface area is 81.8 Å². The molecule has 0 fully saturated rings. The van der Waals surface area contributed by atoms with Gasteiger partial charge in [0.25, 0.3) is 0 Å². The minimum Gasteiger partial charge on any atom is -0.399 e. The van der Waals surface area contributed by atoms with Crippen LogP contribution in [0.5, 0.6) is 0 Å². The highest BCUT2D eigenvalue weighted by atomic mass is 32.2. The fraction of sp³-hybridized carbons (Fsp3) is 0.200. The first-order valence-corrected chi connectivity index (χ1v) is 5.01. The molecule has 0 bridgehead atoms. The van der Waals surface area contributed by atoms with Gasteiger partial charge in [0.1, 0.15) is 5.82 Å². The summed E-state index contributed by atoms with van der Waals surface area (Å²) in [6, 6.07) is 4.76. The summed E-state index contributed by atoms with van der Waals surface area (Å²) in [5.41, 5.74) is 5.88. The van der Waals surface area contributed by atoms with E-state index in [2.05, 4.69) is 0 Å². The maximum Gasteiger partial charge on any atom is 0.138 e. The van der Waals surface area contributed by atoms with E-state index in [4.69, 9.17) is 5.73 Å². The number of benzene rings is 1. The van der Waals surface area contributed by atoms with Gasteiger partial charge in [0, 0.05) is 16.3 Å². The molecule has 0 aliphatic carbocycles. The standard InChI is InChI=1S/C10H12FNS/c1-2-3-6-13-10-5-4-8(12)7-9(10)11/h2-5,7H,6,12H2,1H3/b3-2+. The van der Waals surface area contributed by atoms with Crippen molar-refractivity contribution in [3.63, 3.8) is 0 Å². The highest BCUT2D eigenvalue weighted by Crippen LogP contribution is 2.23. The first-order valence-electron chi connectivity index (χ1n) is 4.03. The number of anilines is 1. The number of rotatable bonds is 3. The molecule has 1 rings (SSSR count). The van der Waals surface area contributed by atoms with Crippen molar-refractivity contribution in [1.82, 2.24) is 0 Å². The van der Waals surface area contributed by atoms with Crippen LogP contribution >= 0.6 is 11.8 Å². The largest absolute Gasteiger partial charge is 0.399 e. The van der Waals surface area contributed by atoms with E-state index < -0.39 is 0 Å². The third-order valence-corrected chi connectivity index (χ3v) is 2.53. The summed E-state index contributed by atoms with van der Waals surface area (Å²) >= 11 is 1.46. The van der Waals surface area contributed by atoms with Crippen LogP contribution < -0.4 is 5.73 Å². The Bertz CT molecular complexity index is 310. The van der Waals surface area contributed by atoms with E-state index >= 15 is 0 Å². The minimum atomic E-state index is -0.241. The zero-order valence-corrected chi connectivity index (χ0v) is 8.27. The Morgan fingerprint density at radius 1 is 1.54 bits per heavy atom. The van der Waals surface area contributed by atoms with Crippen LogP contribution in [0.15, 0.2) is 35.2 Å². The lowest BCUT2D eigenvalue weighted by molar-refractivity contribution is 0.603. The summed E-state index contributed by atoms with van der Waals surface area (Å²) in [7, 11) is 0. The predicted molar refractivity (Wildman–Crippen MR) is 56.4 cm³/mol. The van der Waals surface area contributed by atoms with E-state index in [0.717, 1.165) is 5.75 Å². The molecule has 0 unspecified atom stereocenters. The maximum absolute atomic E-state index is 13.2. The summed E-state index contributed by atoms with van der Waals surface area (Å²) in [6.07, 6.45) is 3.93. The lowest BCUT2D eigenvalue weighted by atomic mass is 10.3. The molecule has 70 valence electrons. The predicted octanol–water partition coefficient (Wildman–Crippen LogP) is 3.08. The van der Waals surface area contributed by atoms with Crippen LogP contribution in [0.2, 0.25) is 0 Å². The van der Waals surface area contributed by atoms with Crippen molar-refractivity contribution in [1.29, 1.82) is 0 Å². The summed E-state index contributed by atoms with van der Waals surface area (Å²) in [6.45, 7) is 1.94. The lowest BCUT2D eigenvalue weighted by Gasteiger charge is -2.01. The molecule has 1 nitrogen and oxygen atoms in total. The highest BCUT2D eigenvalue weighted by molar-refractivity contribution is 7.99. The van der Waals surface area contributed by atoms with Gasteiger partial charge < -0.3 is 5.73 Å². The van der Waals surface area contributed by atoms with Gasteiger partial charge in [-0.2, -0.15) is 0 Å². The van der Waals surface area contributed by atoms with E-state index in [1.165, 1.54) is 17.8 Å². The second-order valence-corrected chi connectivity index (χ2v) is 3.63. The van der Waals surface area contributed by atoms with Crippen LogP contribution in [0, 0.1) is 5.82 Å². The highest BCUT2D eigenvalue weighted by Gasteiger charge is 2.00. The van der Waals surface area contributed by atoms with E-state index in [0.29, 0.717) is 10.6 Å². The Hall–Kier alpha value is -0.960. The van der Waals surface area contributed by atoms with Crippen LogP contribution in [0.1, 0.15) is 6.92 Å². The fourth-order valence-corrected chi connectivity index (χ4v) is 1.70. The molecule has 0 aromatic heterocycles. The third kappa shape index (κ3) is 3.11. The van der Waals surface area contributed by atoms with Gasteiger partial charge in [-0.05, 0) is 25.1 Å². The number of nitrogens with two attached hydrogens (primary N) is 1. The lowest BCUT2D eigenvalue weighted by Crippen LogP contribution is -1.88. The number of halogens is 1. The number of hydrogen-bond acceptors (Lipinski definition) is 2. The van der Waals surface area contributed by atoms with Gasteiger partial charge in [-0.3, -0.25) is 0 Å². The molecule has 0 amide bonds. The summed E-state index contributed by atoms with van der Waals surface area (Å²) in [4.78, 5) is 0.646. The summed E-state index contributed by atoms with van der Waals surface area (Å²) in [5, 5.41) is 0. The van der Waals surface area contributed by atoms with Crippen LogP contribution in [0.25, 0.3) is 0 Å². The van der Waals surface area contributed by atoms with Crippen LogP contribution in [-0.2, 0) is 0 Å². The minimum absolute atomic E-state index is 0.241.